The van der Waals surface area contributed by atoms with E-state index < -0.39 is 6.10 Å². The second kappa shape index (κ2) is 11.2. The normalized spacial score (nSPS) is 15.6. The van der Waals surface area contributed by atoms with Gasteiger partial charge in [-0.05, 0) is 36.8 Å². The van der Waals surface area contributed by atoms with Crippen LogP contribution in [0.5, 0.6) is 5.75 Å². The van der Waals surface area contributed by atoms with Crippen LogP contribution in [0, 0.1) is 5.82 Å². The maximum Gasteiger partial charge on any atom is 0.194 e. The fraction of sp³-hybridized carbons (Fsp3) is 0.381. The first kappa shape index (κ1) is 23.2. The average Bonchev–Trinajstić information content (AvgIpc) is 2.72. The van der Waals surface area contributed by atoms with Gasteiger partial charge in [0, 0.05) is 32.7 Å². The Labute approximate surface area is 188 Å². The third-order valence-corrected chi connectivity index (χ3v) is 4.81. The van der Waals surface area contributed by atoms with Gasteiger partial charge in [0.1, 0.15) is 11.6 Å². The summed E-state index contributed by atoms with van der Waals surface area (Å²) in [4.78, 5) is 8.88. The third kappa shape index (κ3) is 6.20. The third-order valence-electron chi connectivity index (χ3n) is 4.81. The van der Waals surface area contributed by atoms with Crippen molar-refractivity contribution in [3.05, 3.63) is 59.9 Å². The molecular weight excluding hydrogens is 486 g/mol. The minimum Gasteiger partial charge on any atom is -0.506 e. The number of aliphatic hydroxyl groups excluding tert-OH is 1. The summed E-state index contributed by atoms with van der Waals surface area (Å²) in [7, 11) is 0. The second-order valence-electron chi connectivity index (χ2n) is 6.72. The van der Waals surface area contributed by atoms with Gasteiger partial charge in [0.25, 0.3) is 0 Å². The highest BCUT2D eigenvalue weighted by molar-refractivity contribution is 14.0. The molecule has 0 aromatic heterocycles. The molecule has 3 N–H and O–H groups in total. The SMILES string of the molecule is CCNC(=NCC(O)c1ccc(F)cc1)N1CCN(c2ccccc2O)CC1.I. The molecule has 158 valence electrons. The van der Waals surface area contributed by atoms with Crippen LogP contribution in [-0.2, 0) is 0 Å². The molecule has 0 bridgehead atoms. The highest BCUT2D eigenvalue weighted by Gasteiger charge is 2.21. The summed E-state index contributed by atoms with van der Waals surface area (Å²) < 4.78 is 13.0. The Morgan fingerprint density at radius 1 is 1.10 bits per heavy atom. The number of guanidine groups is 1. The molecule has 2 aromatic rings. The summed E-state index contributed by atoms with van der Waals surface area (Å²) in [5.74, 6) is 0.717. The van der Waals surface area contributed by atoms with Crippen molar-refractivity contribution >= 4 is 35.6 Å². The highest BCUT2D eigenvalue weighted by Crippen LogP contribution is 2.27. The Kier molecular flexibility index (Phi) is 8.97. The van der Waals surface area contributed by atoms with Gasteiger partial charge in [-0.1, -0.05) is 24.3 Å². The summed E-state index contributed by atoms with van der Waals surface area (Å²) in [5, 5.41) is 23.7. The minimum atomic E-state index is -0.781. The highest BCUT2D eigenvalue weighted by atomic mass is 127. The topological polar surface area (TPSA) is 71.3 Å². The van der Waals surface area contributed by atoms with Gasteiger partial charge in [-0.3, -0.25) is 4.99 Å². The van der Waals surface area contributed by atoms with Crippen LogP contribution in [0.2, 0.25) is 0 Å². The molecule has 8 heteroatoms. The van der Waals surface area contributed by atoms with Gasteiger partial charge < -0.3 is 25.3 Å². The summed E-state index contributed by atoms with van der Waals surface area (Å²) in [6.45, 7) is 5.98. The van der Waals surface area contributed by atoms with Crippen LogP contribution in [0.15, 0.2) is 53.5 Å². The van der Waals surface area contributed by atoms with Gasteiger partial charge in [-0.15, -0.1) is 24.0 Å². The average molecular weight is 514 g/mol. The molecule has 1 aliphatic heterocycles. The first-order valence-electron chi connectivity index (χ1n) is 9.58. The number of aliphatic hydroxyl groups is 1. The number of hydrogen-bond acceptors (Lipinski definition) is 4. The molecule has 6 nitrogen and oxygen atoms in total. The van der Waals surface area contributed by atoms with Crippen LogP contribution < -0.4 is 10.2 Å². The van der Waals surface area contributed by atoms with Gasteiger partial charge >= 0.3 is 0 Å². The number of nitrogens with one attached hydrogen (secondary N) is 1. The van der Waals surface area contributed by atoms with E-state index in [1.807, 2.05) is 25.1 Å². The zero-order valence-corrected chi connectivity index (χ0v) is 18.8. The Hall–Kier alpha value is -2.07. The lowest BCUT2D eigenvalue weighted by atomic mass is 10.1. The van der Waals surface area contributed by atoms with E-state index in [9.17, 15) is 14.6 Å². The van der Waals surface area contributed by atoms with Crippen molar-refractivity contribution in [2.75, 3.05) is 44.2 Å². The molecule has 3 rings (SSSR count). The summed E-state index contributed by atoms with van der Waals surface area (Å²) in [5.41, 5.74) is 1.49. The first-order valence-corrected chi connectivity index (χ1v) is 9.58. The molecule has 0 saturated carbocycles. The quantitative estimate of drug-likeness (QED) is 0.325. The maximum absolute atomic E-state index is 13.0. The fourth-order valence-electron chi connectivity index (χ4n) is 3.28. The van der Waals surface area contributed by atoms with Crippen molar-refractivity contribution in [1.82, 2.24) is 10.2 Å². The van der Waals surface area contributed by atoms with Gasteiger partial charge in [0.05, 0.1) is 18.3 Å². The molecule has 0 amide bonds. The standard InChI is InChI=1S/C21H27FN4O2.HI/c1-2-23-21(24-15-20(28)16-7-9-17(22)10-8-16)26-13-11-25(12-14-26)18-5-3-4-6-19(18)27;/h3-10,20,27-28H,2,11-15H2,1H3,(H,23,24);1H. The summed E-state index contributed by atoms with van der Waals surface area (Å²) in [6.07, 6.45) is -0.781. The zero-order valence-electron chi connectivity index (χ0n) is 16.5. The molecular formula is C21H28FIN4O2. The van der Waals surface area contributed by atoms with E-state index in [0.717, 1.165) is 44.4 Å². The van der Waals surface area contributed by atoms with Crippen molar-refractivity contribution in [3.8, 4) is 5.75 Å². The molecule has 0 spiro atoms. The van der Waals surface area contributed by atoms with E-state index in [4.69, 9.17) is 0 Å². The van der Waals surface area contributed by atoms with Crippen LogP contribution in [-0.4, -0.2) is 60.3 Å². The molecule has 1 saturated heterocycles. The second-order valence-corrected chi connectivity index (χ2v) is 6.72. The lowest BCUT2D eigenvalue weighted by Gasteiger charge is -2.38. The van der Waals surface area contributed by atoms with Crippen LogP contribution >= 0.6 is 24.0 Å². The van der Waals surface area contributed by atoms with Gasteiger partial charge in [0.15, 0.2) is 5.96 Å². The lowest BCUT2D eigenvalue weighted by molar-refractivity contribution is 0.186. The number of halogens is 2. The number of piperazine rings is 1. The van der Waals surface area contributed by atoms with E-state index in [2.05, 4.69) is 20.1 Å². The van der Waals surface area contributed by atoms with Crippen molar-refractivity contribution in [2.45, 2.75) is 13.0 Å². The van der Waals surface area contributed by atoms with E-state index >= 15 is 0 Å². The van der Waals surface area contributed by atoms with Crippen LogP contribution in [0.1, 0.15) is 18.6 Å². The molecule has 2 aromatic carbocycles. The predicted molar refractivity (Wildman–Crippen MR) is 125 cm³/mol. The largest absolute Gasteiger partial charge is 0.506 e. The smallest absolute Gasteiger partial charge is 0.194 e. The Morgan fingerprint density at radius 2 is 1.76 bits per heavy atom. The molecule has 1 heterocycles. The van der Waals surface area contributed by atoms with E-state index in [-0.39, 0.29) is 36.3 Å². The Bertz CT molecular complexity index is 796. The summed E-state index contributed by atoms with van der Waals surface area (Å²) in [6, 6.07) is 13.2. The number of benzene rings is 2. The molecule has 1 unspecified atom stereocenters. The van der Waals surface area contributed by atoms with E-state index in [0.29, 0.717) is 11.3 Å². The van der Waals surface area contributed by atoms with Crippen molar-refractivity contribution in [3.63, 3.8) is 0 Å². The fourth-order valence-corrected chi connectivity index (χ4v) is 3.28. The maximum atomic E-state index is 13.0. The first-order chi connectivity index (χ1) is 13.6. The minimum absolute atomic E-state index is 0. The molecule has 0 aliphatic carbocycles. The van der Waals surface area contributed by atoms with Gasteiger partial charge in [-0.25, -0.2) is 4.39 Å². The predicted octanol–water partition coefficient (Wildman–Crippen LogP) is 2.97. The van der Waals surface area contributed by atoms with Crippen LogP contribution in [0.25, 0.3) is 0 Å². The number of nitrogens with zero attached hydrogens (tertiary/aromatic N) is 3. The molecule has 1 aliphatic rings. The number of rotatable bonds is 5. The lowest BCUT2D eigenvalue weighted by Crippen LogP contribution is -2.52. The van der Waals surface area contributed by atoms with E-state index in [1.54, 1.807) is 18.2 Å². The number of anilines is 1. The number of phenols is 1. The molecule has 1 fully saturated rings. The van der Waals surface area contributed by atoms with Crippen LogP contribution in [0.4, 0.5) is 10.1 Å². The van der Waals surface area contributed by atoms with Crippen molar-refractivity contribution < 1.29 is 14.6 Å². The van der Waals surface area contributed by atoms with Crippen molar-refractivity contribution in [1.29, 1.82) is 0 Å². The Balaban J connectivity index is 0.00000300. The number of para-hydroxylation sites is 2. The molecule has 29 heavy (non-hydrogen) atoms. The molecule has 1 atom stereocenters. The van der Waals surface area contributed by atoms with Gasteiger partial charge in [0.2, 0.25) is 0 Å². The van der Waals surface area contributed by atoms with Gasteiger partial charge in [-0.2, -0.15) is 0 Å². The monoisotopic (exact) mass is 514 g/mol. The van der Waals surface area contributed by atoms with E-state index in [1.165, 1.54) is 12.1 Å². The number of hydrogen-bond donors (Lipinski definition) is 3. The van der Waals surface area contributed by atoms with Crippen molar-refractivity contribution in [2.24, 2.45) is 4.99 Å². The number of aromatic hydroxyl groups is 1. The zero-order chi connectivity index (χ0) is 19.9. The summed E-state index contributed by atoms with van der Waals surface area (Å²) >= 11 is 0. The Morgan fingerprint density at radius 3 is 2.38 bits per heavy atom. The van der Waals surface area contributed by atoms with Crippen LogP contribution in [0.3, 0.4) is 0 Å². The number of aliphatic imine (C=N–C) groups is 1. The molecule has 0 radical (unpaired) electrons. The number of phenolic OH excluding ortho intramolecular Hbond substituents is 1.